The van der Waals surface area contributed by atoms with E-state index < -0.39 is 58.0 Å². The SMILES string of the molecule is Cn1nnnc1SCC(=O)S[C@@H]1[C@H](C(C)(C)O)C(=O)N1C(=O)C(=O)OCOC(=O)C(C)(C)C. The molecule has 1 N–H and O–H groups in total. The minimum absolute atomic E-state index is 0.0859. The van der Waals surface area contributed by atoms with Crippen molar-refractivity contribution in [1.82, 2.24) is 25.1 Å². The van der Waals surface area contributed by atoms with Gasteiger partial charge < -0.3 is 14.6 Å². The summed E-state index contributed by atoms with van der Waals surface area (Å²) < 4.78 is 10.8. The van der Waals surface area contributed by atoms with Crippen LogP contribution < -0.4 is 0 Å². The first-order valence-electron chi connectivity index (χ1n) is 9.63. The van der Waals surface area contributed by atoms with Crippen LogP contribution in [0.4, 0.5) is 0 Å². The van der Waals surface area contributed by atoms with E-state index in [-0.39, 0.29) is 5.75 Å². The molecule has 0 unspecified atom stereocenters. The van der Waals surface area contributed by atoms with Crippen LogP contribution in [0.5, 0.6) is 0 Å². The van der Waals surface area contributed by atoms with Crippen LogP contribution in [0.2, 0.25) is 0 Å². The Kier molecular flexibility index (Phi) is 8.24. The molecule has 2 rings (SSSR count). The number of carbonyl (C=O) groups is 5. The molecule has 15 heteroatoms. The number of esters is 2. The molecule has 0 aromatic carbocycles. The summed E-state index contributed by atoms with van der Waals surface area (Å²) >= 11 is 1.68. The third-order valence-corrected chi connectivity index (χ3v) is 6.67. The molecule has 1 aliphatic rings. The summed E-state index contributed by atoms with van der Waals surface area (Å²) in [5.41, 5.74) is -2.40. The highest BCUT2D eigenvalue weighted by molar-refractivity contribution is 8.16. The highest BCUT2D eigenvalue weighted by atomic mass is 32.2. The largest absolute Gasteiger partial charge is 0.427 e. The molecule has 33 heavy (non-hydrogen) atoms. The predicted molar refractivity (Wildman–Crippen MR) is 114 cm³/mol. The number of imide groups is 1. The van der Waals surface area contributed by atoms with E-state index in [0.717, 1.165) is 11.8 Å². The lowest BCUT2D eigenvalue weighted by molar-refractivity contribution is -0.186. The third-order valence-electron chi connectivity index (χ3n) is 4.34. The second-order valence-electron chi connectivity index (χ2n) is 8.63. The van der Waals surface area contributed by atoms with E-state index >= 15 is 0 Å². The van der Waals surface area contributed by atoms with E-state index in [1.165, 1.54) is 18.5 Å². The summed E-state index contributed by atoms with van der Waals surface area (Å²) in [5, 5.41) is 20.0. The van der Waals surface area contributed by atoms with Crippen molar-refractivity contribution in [3.63, 3.8) is 0 Å². The Balaban J connectivity index is 2.02. The minimum Gasteiger partial charge on any atom is -0.427 e. The van der Waals surface area contributed by atoms with Crippen LogP contribution in [0, 0.1) is 11.3 Å². The first kappa shape index (κ1) is 26.7. The van der Waals surface area contributed by atoms with Crippen molar-refractivity contribution in [2.75, 3.05) is 12.5 Å². The van der Waals surface area contributed by atoms with Gasteiger partial charge in [-0.3, -0.25) is 24.1 Å². The Hall–Kier alpha value is -2.52. The predicted octanol–water partition coefficient (Wildman–Crippen LogP) is -0.266. The van der Waals surface area contributed by atoms with Gasteiger partial charge in [-0.1, -0.05) is 23.5 Å². The number of likely N-dealkylation sites (tertiary alicyclic amines) is 1. The number of hydrogen-bond donors (Lipinski definition) is 1. The van der Waals surface area contributed by atoms with E-state index in [0.29, 0.717) is 21.8 Å². The minimum atomic E-state index is -1.56. The number of thioether (sulfide) groups is 2. The van der Waals surface area contributed by atoms with Gasteiger partial charge in [-0.2, -0.15) is 0 Å². The number of amides is 2. The van der Waals surface area contributed by atoms with Crippen LogP contribution in [0.1, 0.15) is 34.6 Å². The van der Waals surface area contributed by atoms with Gasteiger partial charge in [0.2, 0.25) is 23.0 Å². The van der Waals surface area contributed by atoms with Gasteiger partial charge >= 0.3 is 17.8 Å². The van der Waals surface area contributed by atoms with Crippen LogP contribution in [-0.4, -0.2) is 82.6 Å². The van der Waals surface area contributed by atoms with Crippen molar-refractivity contribution < 1.29 is 38.6 Å². The first-order chi connectivity index (χ1) is 15.1. The number of aliphatic hydroxyl groups is 1. The highest BCUT2D eigenvalue weighted by Crippen LogP contribution is 2.42. The lowest BCUT2D eigenvalue weighted by Gasteiger charge is -2.48. The normalized spacial score (nSPS) is 18.5. The van der Waals surface area contributed by atoms with Gasteiger partial charge in [-0.15, -0.1) is 5.10 Å². The molecule has 0 radical (unpaired) electrons. The molecule has 2 amide bonds. The molecule has 0 bridgehead atoms. The molecule has 1 aromatic rings. The molecule has 1 fully saturated rings. The van der Waals surface area contributed by atoms with Crippen molar-refractivity contribution in [2.45, 2.75) is 50.8 Å². The lowest BCUT2D eigenvalue weighted by Crippen LogP contribution is -2.69. The van der Waals surface area contributed by atoms with Gasteiger partial charge in [0.25, 0.3) is 0 Å². The van der Waals surface area contributed by atoms with Crippen molar-refractivity contribution in [1.29, 1.82) is 0 Å². The first-order valence-corrected chi connectivity index (χ1v) is 11.5. The summed E-state index contributed by atoms with van der Waals surface area (Å²) in [4.78, 5) is 61.9. The van der Waals surface area contributed by atoms with Crippen LogP contribution in [0.3, 0.4) is 0 Å². The molecule has 0 spiro atoms. The maximum absolute atomic E-state index is 12.5. The summed E-state index contributed by atoms with van der Waals surface area (Å²) in [6.45, 7) is 6.69. The van der Waals surface area contributed by atoms with Gasteiger partial charge in [0.1, 0.15) is 5.37 Å². The van der Waals surface area contributed by atoms with E-state index in [9.17, 15) is 29.1 Å². The van der Waals surface area contributed by atoms with Crippen molar-refractivity contribution in [2.24, 2.45) is 18.4 Å². The molecule has 1 aliphatic heterocycles. The van der Waals surface area contributed by atoms with Gasteiger partial charge in [0.15, 0.2) is 0 Å². The Morgan fingerprint density at radius 1 is 1.12 bits per heavy atom. The van der Waals surface area contributed by atoms with Gasteiger partial charge in [-0.25, -0.2) is 9.48 Å². The standard InChI is InChI=1S/C18H25N5O8S2/c1-17(2,3)15(28)31-8-30-14(27)12(26)23-11(25)10(18(4,5)29)13(23)33-9(24)7-32-16-19-20-21-22(16)6/h10,13,29H,7-8H2,1-6H3/t10-,13-/m1/s1. The van der Waals surface area contributed by atoms with Crippen molar-refractivity contribution >= 4 is 52.4 Å². The topological polar surface area (TPSA) is 171 Å². The monoisotopic (exact) mass is 503 g/mol. The van der Waals surface area contributed by atoms with Gasteiger partial charge in [0.05, 0.1) is 22.7 Å². The summed E-state index contributed by atoms with van der Waals surface area (Å²) in [5.74, 6) is -5.44. The Morgan fingerprint density at radius 2 is 1.76 bits per heavy atom. The maximum Gasteiger partial charge on any atom is 0.400 e. The highest BCUT2D eigenvalue weighted by Gasteiger charge is 2.59. The molecular weight excluding hydrogens is 478 g/mol. The Bertz CT molecular complexity index is 952. The van der Waals surface area contributed by atoms with Crippen LogP contribution in [0.15, 0.2) is 5.16 Å². The lowest BCUT2D eigenvalue weighted by atomic mass is 9.83. The van der Waals surface area contributed by atoms with Crippen molar-refractivity contribution in [3.05, 3.63) is 0 Å². The van der Waals surface area contributed by atoms with E-state index in [1.807, 2.05) is 0 Å². The van der Waals surface area contributed by atoms with E-state index in [1.54, 1.807) is 27.8 Å². The summed E-state index contributed by atoms with van der Waals surface area (Å²) in [6, 6.07) is 0. The van der Waals surface area contributed by atoms with Crippen LogP contribution in [-0.2, 0) is 40.5 Å². The molecule has 0 aliphatic carbocycles. The molecule has 2 heterocycles. The smallest absolute Gasteiger partial charge is 0.400 e. The molecular formula is C18H25N5O8S2. The number of rotatable bonds is 7. The molecule has 13 nitrogen and oxygen atoms in total. The molecule has 182 valence electrons. The Labute approximate surface area is 197 Å². The molecule has 1 saturated heterocycles. The number of hydrogen-bond acceptors (Lipinski definition) is 13. The fraction of sp³-hybridized carbons (Fsp3) is 0.667. The Morgan fingerprint density at radius 3 is 2.27 bits per heavy atom. The molecule has 2 atom stereocenters. The number of tetrazole rings is 1. The summed E-state index contributed by atoms with van der Waals surface area (Å²) in [7, 11) is 1.60. The zero-order valence-corrected chi connectivity index (χ0v) is 20.6. The quantitative estimate of drug-likeness (QED) is 0.170. The van der Waals surface area contributed by atoms with Crippen molar-refractivity contribution in [3.8, 4) is 0 Å². The maximum atomic E-state index is 12.5. The zero-order valence-electron chi connectivity index (χ0n) is 18.9. The summed E-state index contributed by atoms with van der Waals surface area (Å²) in [6.07, 6.45) is 0. The fourth-order valence-electron chi connectivity index (χ4n) is 2.60. The average molecular weight is 504 g/mol. The van der Waals surface area contributed by atoms with E-state index in [2.05, 4.69) is 20.3 Å². The van der Waals surface area contributed by atoms with Gasteiger partial charge in [-0.05, 0) is 45.0 Å². The number of carbonyl (C=O) groups excluding carboxylic acids is 5. The average Bonchev–Trinajstić information content (AvgIpc) is 3.08. The molecule has 0 saturated carbocycles. The van der Waals surface area contributed by atoms with Crippen LogP contribution in [0.25, 0.3) is 0 Å². The number of aromatic nitrogens is 4. The second kappa shape index (κ2) is 10.2. The van der Waals surface area contributed by atoms with Crippen LogP contribution >= 0.6 is 23.5 Å². The molecule has 1 aromatic heterocycles. The number of ether oxygens (including phenoxy) is 2. The van der Waals surface area contributed by atoms with E-state index in [4.69, 9.17) is 4.74 Å². The third kappa shape index (κ3) is 6.51. The second-order valence-corrected chi connectivity index (χ2v) is 10.7. The zero-order chi connectivity index (χ0) is 25.1. The number of β-lactam (4-membered cyclic amide) rings is 1. The fourth-order valence-corrected chi connectivity index (χ4v) is 4.77. The van der Waals surface area contributed by atoms with Gasteiger partial charge in [0, 0.05) is 7.05 Å². The number of nitrogens with zero attached hydrogens (tertiary/aromatic N) is 5. The number of aryl methyl sites for hydroxylation is 1.